The third-order valence-corrected chi connectivity index (χ3v) is 4.36. The van der Waals surface area contributed by atoms with E-state index in [1.54, 1.807) is 6.92 Å². The highest BCUT2D eigenvalue weighted by molar-refractivity contribution is 5.91. The Hall–Kier alpha value is -4.09. The first-order valence-corrected chi connectivity index (χ1v) is 10.5. The second-order valence-electron chi connectivity index (χ2n) is 7.11. The molecule has 12 nitrogen and oxygen atoms in total. The van der Waals surface area contributed by atoms with Gasteiger partial charge in [-0.2, -0.15) is 4.98 Å². The Bertz CT molecular complexity index is 974. The third-order valence-electron chi connectivity index (χ3n) is 4.36. The Morgan fingerprint density at radius 1 is 1.00 bits per heavy atom. The molecule has 1 aromatic carbocycles. The fraction of sp³-hybridized carbons (Fsp3) is 0.409. The van der Waals surface area contributed by atoms with E-state index in [0.29, 0.717) is 11.7 Å². The molecular formula is C22H28N4O8. The summed E-state index contributed by atoms with van der Waals surface area (Å²) >= 11 is 0. The molecule has 0 saturated heterocycles. The van der Waals surface area contributed by atoms with Crippen molar-refractivity contribution in [3.8, 4) is 11.5 Å². The molecule has 1 atom stereocenters. The van der Waals surface area contributed by atoms with E-state index in [-0.39, 0.29) is 44.9 Å². The number of aliphatic carboxylic acids is 2. The lowest BCUT2D eigenvalue weighted by Gasteiger charge is -2.16. The smallest absolute Gasteiger partial charge is 0.303 e. The zero-order valence-corrected chi connectivity index (χ0v) is 18.7. The third kappa shape index (κ3) is 11.5. The molecule has 1 aromatic heterocycles. The van der Waals surface area contributed by atoms with E-state index in [9.17, 15) is 24.0 Å². The van der Waals surface area contributed by atoms with Crippen molar-refractivity contribution in [3.05, 3.63) is 36.2 Å². The van der Waals surface area contributed by atoms with Crippen LogP contribution in [-0.4, -0.2) is 55.9 Å². The van der Waals surface area contributed by atoms with Gasteiger partial charge in [-0.25, -0.2) is 0 Å². The molecule has 0 saturated carbocycles. The van der Waals surface area contributed by atoms with Gasteiger partial charge in [0.1, 0.15) is 0 Å². The summed E-state index contributed by atoms with van der Waals surface area (Å²) in [6.07, 6.45) is -0.296. The van der Waals surface area contributed by atoms with Gasteiger partial charge in [-0.15, -0.1) is 0 Å². The van der Waals surface area contributed by atoms with Gasteiger partial charge in [0, 0.05) is 44.1 Å². The minimum absolute atomic E-state index is 0.0135. The first-order valence-electron chi connectivity index (χ1n) is 10.5. The number of hydrogen-bond donors (Lipinski definition) is 4. The number of nitrogens with zero attached hydrogens (tertiary/aromatic N) is 2. The fourth-order valence-electron chi connectivity index (χ4n) is 2.55. The molecule has 0 aliphatic rings. The highest BCUT2D eigenvalue weighted by Crippen LogP contribution is 2.16. The number of Topliss-reactive ketones (excluding diaryl/α,β-unsaturated/α-hetero) is 1. The molecule has 0 fully saturated rings. The number of carboxylic acid groups (broad SMARTS) is 2. The predicted octanol–water partition coefficient (Wildman–Crippen LogP) is 1.33. The second kappa shape index (κ2) is 14.9. The lowest BCUT2D eigenvalue weighted by atomic mass is 10.0. The van der Waals surface area contributed by atoms with Crippen molar-refractivity contribution in [2.24, 2.45) is 5.73 Å². The fourth-order valence-corrected chi connectivity index (χ4v) is 2.55. The maximum Gasteiger partial charge on any atom is 0.303 e. The van der Waals surface area contributed by atoms with E-state index in [1.807, 2.05) is 30.3 Å². The number of ketones is 1. The van der Waals surface area contributed by atoms with Crippen LogP contribution in [0.5, 0.6) is 0 Å². The second-order valence-corrected chi connectivity index (χ2v) is 7.11. The van der Waals surface area contributed by atoms with E-state index in [1.165, 1.54) is 0 Å². The number of amides is 2. The summed E-state index contributed by atoms with van der Waals surface area (Å²) in [6.45, 7) is 1.60. The predicted molar refractivity (Wildman–Crippen MR) is 118 cm³/mol. The zero-order chi connectivity index (χ0) is 25.5. The van der Waals surface area contributed by atoms with Gasteiger partial charge < -0.3 is 25.8 Å². The molecule has 0 unspecified atom stereocenters. The van der Waals surface area contributed by atoms with Crippen LogP contribution in [0.25, 0.3) is 11.5 Å². The quantitative estimate of drug-likeness (QED) is 0.326. The number of benzene rings is 1. The number of nitrogens with two attached hydrogens (primary N) is 1. The van der Waals surface area contributed by atoms with Gasteiger partial charge in [0.2, 0.25) is 11.8 Å². The lowest BCUT2D eigenvalue weighted by Crippen LogP contribution is -2.41. The molecule has 12 heteroatoms. The van der Waals surface area contributed by atoms with Crippen LogP contribution in [0.4, 0.5) is 0 Å². The summed E-state index contributed by atoms with van der Waals surface area (Å²) in [6, 6.07) is 8.15. The van der Waals surface area contributed by atoms with Crippen LogP contribution in [0.2, 0.25) is 0 Å². The van der Waals surface area contributed by atoms with Crippen molar-refractivity contribution >= 4 is 29.5 Å². The van der Waals surface area contributed by atoms with Gasteiger partial charge >= 0.3 is 11.9 Å². The van der Waals surface area contributed by atoms with E-state index in [2.05, 4.69) is 15.5 Å². The van der Waals surface area contributed by atoms with Crippen molar-refractivity contribution in [1.82, 2.24) is 15.5 Å². The Morgan fingerprint density at radius 2 is 1.65 bits per heavy atom. The molecule has 2 aromatic rings. The SMILES string of the molecule is CCC(=O)O.NC(=O)CCC(=O)[C@H](CCC(=O)O)NC(=O)CCc1noc(-c2ccccc2)n1. The molecule has 5 N–H and O–H groups in total. The number of rotatable bonds is 13. The summed E-state index contributed by atoms with van der Waals surface area (Å²) in [5, 5.41) is 22.9. The number of primary amides is 1. The van der Waals surface area contributed by atoms with Crippen LogP contribution in [0, 0.1) is 0 Å². The molecule has 34 heavy (non-hydrogen) atoms. The summed E-state index contributed by atoms with van der Waals surface area (Å²) in [7, 11) is 0. The summed E-state index contributed by atoms with van der Waals surface area (Å²) in [5.41, 5.74) is 5.78. The largest absolute Gasteiger partial charge is 0.481 e. The molecule has 0 bridgehead atoms. The maximum atomic E-state index is 12.2. The molecule has 0 spiro atoms. The zero-order valence-electron chi connectivity index (χ0n) is 18.7. The van der Waals surface area contributed by atoms with E-state index < -0.39 is 35.6 Å². The molecule has 0 aliphatic heterocycles. The molecular weight excluding hydrogens is 448 g/mol. The Labute approximate surface area is 195 Å². The van der Waals surface area contributed by atoms with Crippen molar-refractivity contribution in [1.29, 1.82) is 0 Å². The average Bonchev–Trinajstić information content (AvgIpc) is 3.28. The van der Waals surface area contributed by atoms with Crippen LogP contribution >= 0.6 is 0 Å². The Morgan fingerprint density at radius 3 is 2.21 bits per heavy atom. The van der Waals surface area contributed by atoms with E-state index in [4.69, 9.17) is 20.5 Å². The maximum absolute atomic E-state index is 12.2. The number of nitrogens with one attached hydrogen (secondary N) is 1. The van der Waals surface area contributed by atoms with Crippen LogP contribution in [0.15, 0.2) is 34.9 Å². The van der Waals surface area contributed by atoms with E-state index in [0.717, 1.165) is 5.56 Å². The van der Waals surface area contributed by atoms with Crippen LogP contribution in [0.1, 0.15) is 51.3 Å². The molecule has 2 rings (SSSR count). The Balaban J connectivity index is 0.00000104. The average molecular weight is 476 g/mol. The number of aromatic nitrogens is 2. The first-order chi connectivity index (χ1) is 16.1. The van der Waals surface area contributed by atoms with Gasteiger partial charge in [0.15, 0.2) is 11.6 Å². The Kier molecular flexibility index (Phi) is 12.2. The molecule has 184 valence electrons. The monoisotopic (exact) mass is 476 g/mol. The highest BCUT2D eigenvalue weighted by Gasteiger charge is 2.22. The minimum atomic E-state index is -1.09. The summed E-state index contributed by atoms with van der Waals surface area (Å²) in [4.78, 5) is 59.6. The highest BCUT2D eigenvalue weighted by atomic mass is 16.5. The number of aryl methyl sites for hydroxylation is 1. The van der Waals surface area contributed by atoms with Gasteiger partial charge in [-0.3, -0.25) is 24.0 Å². The topological polar surface area (TPSA) is 203 Å². The molecule has 1 heterocycles. The van der Waals surface area contributed by atoms with Crippen molar-refractivity contribution in [3.63, 3.8) is 0 Å². The first kappa shape index (κ1) is 27.9. The van der Waals surface area contributed by atoms with Crippen molar-refractivity contribution in [2.45, 2.75) is 57.9 Å². The molecule has 0 aliphatic carbocycles. The van der Waals surface area contributed by atoms with Crippen LogP contribution in [-0.2, 0) is 30.4 Å². The normalized spacial score (nSPS) is 11.0. The standard InChI is InChI=1S/C19H22N4O6.C3H6O2/c20-15(25)8-7-14(24)13(6-11-18(27)28)21-17(26)10-9-16-22-19(29-23-16)12-4-2-1-3-5-12;1-2-3(4)5/h1-5,13H,6-11H2,(H2,20,25)(H,21,26)(H,27,28);2H2,1H3,(H,4,5)/t13-;/m0./s1. The summed E-state index contributed by atoms with van der Waals surface area (Å²) in [5.74, 6) is -2.71. The van der Waals surface area contributed by atoms with Crippen LogP contribution < -0.4 is 11.1 Å². The lowest BCUT2D eigenvalue weighted by molar-refractivity contribution is -0.138. The minimum Gasteiger partial charge on any atom is -0.481 e. The van der Waals surface area contributed by atoms with Crippen molar-refractivity contribution < 1.29 is 38.7 Å². The number of carboxylic acids is 2. The summed E-state index contributed by atoms with van der Waals surface area (Å²) < 4.78 is 5.17. The van der Waals surface area contributed by atoms with Gasteiger partial charge in [0.05, 0.1) is 6.04 Å². The van der Waals surface area contributed by atoms with Crippen molar-refractivity contribution in [2.75, 3.05) is 0 Å². The van der Waals surface area contributed by atoms with Crippen LogP contribution in [0.3, 0.4) is 0 Å². The van der Waals surface area contributed by atoms with E-state index >= 15 is 0 Å². The van der Waals surface area contributed by atoms with Gasteiger partial charge in [-0.05, 0) is 18.6 Å². The van der Waals surface area contributed by atoms with Gasteiger partial charge in [0.25, 0.3) is 5.89 Å². The van der Waals surface area contributed by atoms with Gasteiger partial charge in [-0.1, -0.05) is 30.3 Å². The number of carbonyl (C=O) groups is 5. The number of hydrogen-bond acceptors (Lipinski definition) is 8. The number of carbonyl (C=O) groups excluding carboxylic acids is 3. The molecule has 2 amide bonds. The molecule has 0 radical (unpaired) electrons.